The number of benzene rings is 1. The molecule has 0 spiro atoms. The molecule has 0 aliphatic heterocycles. The Bertz CT molecular complexity index is 472. The zero-order valence-corrected chi connectivity index (χ0v) is 13.2. The summed E-state index contributed by atoms with van der Waals surface area (Å²) in [5.74, 6) is 0.0129. The molecule has 0 fully saturated rings. The van der Waals surface area contributed by atoms with E-state index in [4.69, 9.17) is 18.0 Å². The van der Waals surface area contributed by atoms with Gasteiger partial charge in [0.15, 0.2) is 0 Å². The van der Waals surface area contributed by atoms with Crippen molar-refractivity contribution in [3.63, 3.8) is 0 Å². The lowest BCUT2D eigenvalue weighted by Crippen LogP contribution is -2.41. The van der Waals surface area contributed by atoms with E-state index < -0.39 is 0 Å². The maximum Gasteiger partial charge on any atom is 0.239 e. The first-order valence-corrected chi connectivity index (χ1v) is 7.29. The van der Waals surface area contributed by atoms with Gasteiger partial charge in [-0.05, 0) is 25.0 Å². The minimum Gasteiger partial charge on any atom is -0.389 e. The molecule has 1 amide bonds. The fraction of sp³-hybridized carbons (Fsp3) is 0.467. The summed E-state index contributed by atoms with van der Waals surface area (Å²) < 4.78 is 0. The number of hydrogen-bond acceptors (Lipinski definition) is 3. The lowest BCUT2D eigenvalue weighted by atomic mass is 10.1. The standard InChI is InChI=1S/C15H23N3OS/c1-4-11(5-2)17-14(19)10-18(3)13-9-7-6-8-12(13)15(16)20/h6-9,11H,4-5,10H2,1-3H3,(H2,16,20)(H,17,19). The van der Waals surface area contributed by atoms with E-state index in [2.05, 4.69) is 19.2 Å². The molecule has 0 saturated heterocycles. The summed E-state index contributed by atoms with van der Waals surface area (Å²) in [6, 6.07) is 7.82. The van der Waals surface area contributed by atoms with E-state index in [-0.39, 0.29) is 18.5 Å². The van der Waals surface area contributed by atoms with Crippen molar-refractivity contribution in [2.24, 2.45) is 5.73 Å². The van der Waals surface area contributed by atoms with Crippen LogP contribution in [0.2, 0.25) is 0 Å². The van der Waals surface area contributed by atoms with Crippen LogP contribution in [0.4, 0.5) is 5.69 Å². The quantitative estimate of drug-likeness (QED) is 0.756. The Kier molecular flexibility index (Phi) is 6.45. The van der Waals surface area contributed by atoms with E-state index >= 15 is 0 Å². The molecular formula is C15H23N3OS. The van der Waals surface area contributed by atoms with Gasteiger partial charge >= 0.3 is 0 Å². The highest BCUT2D eigenvalue weighted by Crippen LogP contribution is 2.18. The molecule has 0 unspecified atom stereocenters. The first-order valence-electron chi connectivity index (χ1n) is 6.88. The first kappa shape index (κ1) is 16.4. The van der Waals surface area contributed by atoms with Gasteiger partial charge in [0, 0.05) is 24.3 Å². The second-order valence-electron chi connectivity index (χ2n) is 4.82. The molecule has 0 heterocycles. The molecule has 0 atom stereocenters. The molecule has 0 aromatic heterocycles. The predicted octanol–water partition coefficient (Wildman–Crippen LogP) is 2.06. The zero-order chi connectivity index (χ0) is 15.1. The second-order valence-corrected chi connectivity index (χ2v) is 5.26. The number of carbonyl (C=O) groups excluding carboxylic acids is 1. The number of nitrogens with two attached hydrogens (primary N) is 1. The van der Waals surface area contributed by atoms with Gasteiger partial charge in [0.05, 0.1) is 6.54 Å². The molecular weight excluding hydrogens is 270 g/mol. The van der Waals surface area contributed by atoms with Crippen LogP contribution in [0.15, 0.2) is 24.3 Å². The first-order chi connectivity index (χ1) is 9.49. The van der Waals surface area contributed by atoms with Crippen LogP contribution in [0.5, 0.6) is 0 Å². The summed E-state index contributed by atoms with van der Waals surface area (Å²) in [7, 11) is 1.86. The van der Waals surface area contributed by atoms with Crippen molar-refractivity contribution in [3.8, 4) is 0 Å². The predicted molar refractivity (Wildman–Crippen MR) is 88.1 cm³/mol. The molecule has 110 valence electrons. The molecule has 5 heteroatoms. The molecule has 1 aromatic carbocycles. The number of thiocarbonyl (C=S) groups is 1. The summed E-state index contributed by atoms with van der Waals surface area (Å²) in [5.41, 5.74) is 7.38. The molecule has 1 aromatic rings. The summed E-state index contributed by atoms with van der Waals surface area (Å²) >= 11 is 5.04. The van der Waals surface area contributed by atoms with Gasteiger partial charge in [0.25, 0.3) is 0 Å². The van der Waals surface area contributed by atoms with Crippen molar-refractivity contribution < 1.29 is 4.79 Å². The monoisotopic (exact) mass is 293 g/mol. The normalized spacial score (nSPS) is 10.4. The van der Waals surface area contributed by atoms with Crippen molar-refractivity contribution in [2.45, 2.75) is 32.7 Å². The number of rotatable bonds is 7. The molecule has 0 saturated carbocycles. The molecule has 3 N–H and O–H groups in total. The average Bonchev–Trinajstić information content (AvgIpc) is 2.44. The molecule has 0 bridgehead atoms. The van der Waals surface area contributed by atoms with Crippen LogP contribution in [-0.4, -0.2) is 30.5 Å². The Balaban J connectivity index is 2.74. The fourth-order valence-corrected chi connectivity index (χ4v) is 2.25. The Morgan fingerprint density at radius 3 is 2.50 bits per heavy atom. The number of carbonyl (C=O) groups is 1. The van der Waals surface area contributed by atoms with E-state index in [0.29, 0.717) is 4.99 Å². The van der Waals surface area contributed by atoms with Gasteiger partial charge in [0.2, 0.25) is 5.91 Å². The molecule has 1 rings (SSSR count). The van der Waals surface area contributed by atoms with Crippen LogP contribution in [0, 0.1) is 0 Å². The topological polar surface area (TPSA) is 58.4 Å². The van der Waals surface area contributed by atoms with Crippen molar-refractivity contribution in [3.05, 3.63) is 29.8 Å². The van der Waals surface area contributed by atoms with Crippen LogP contribution in [0.25, 0.3) is 0 Å². The lowest BCUT2D eigenvalue weighted by molar-refractivity contribution is -0.120. The molecule has 0 aliphatic carbocycles. The summed E-state index contributed by atoms with van der Waals surface area (Å²) in [6.07, 6.45) is 1.88. The van der Waals surface area contributed by atoms with E-state index in [9.17, 15) is 4.79 Å². The van der Waals surface area contributed by atoms with E-state index in [1.807, 2.05) is 36.2 Å². The van der Waals surface area contributed by atoms with Crippen molar-refractivity contribution >= 4 is 28.8 Å². The number of anilines is 1. The van der Waals surface area contributed by atoms with Gasteiger partial charge < -0.3 is 16.0 Å². The van der Waals surface area contributed by atoms with Crippen LogP contribution in [0.3, 0.4) is 0 Å². The largest absolute Gasteiger partial charge is 0.389 e. The fourth-order valence-electron chi connectivity index (χ4n) is 2.08. The summed E-state index contributed by atoms with van der Waals surface area (Å²) in [4.78, 5) is 14.2. The highest BCUT2D eigenvalue weighted by Gasteiger charge is 2.14. The van der Waals surface area contributed by atoms with Crippen LogP contribution < -0.4 is 16.0 Å². The number of nitrogens with one attached hydrogen (secondary N) is 1. The van der Waals surface area contributed by atoms with Gasteiger partial charge in [-0.3, -0.25) is 4.79 Å². The highest BCUT2D eigenvalue weighted by atomic mass is 32.1. The average molecular weight is 293 g/mol. The summed E-state index contributed by atoms with van der Waals surface area (Å²) in [5, 5.41) is 3.02. The van der Waals surface area contributed by atoms with Crippen LogP contribution in [0.1, 0.15) is 32.3 Å². The maximum atomic E-state index is 12.0. The highest BCUT2D eigenvalue weighted by molar-refractivity contribution is 7.80. The number of likely N-dealkylation sites (N-methyl/N-ethyl adjacent to an activating group) is 1. The van der Waals surface area contributed by atoms with Crippen molar-refractivity contribution in [1.82, 2.24) is 5.32 Å². The number of para-hydroxylation sites is 1. The zero-order valence-electron chi connectivity index (χ0n) is 12.3. The number of nitrogens with zero attached hydrogens (tertiary/aromatic N) is 1. The molecule has 4 nitrogen and oxygen atoms in total. The molecule has 0 aliphatic rings. The Hall–Kier alpha value is -1.62. The minimum atomic E-state index is 0.0129. The third-order valence-electron chi connectivity index (χ3n) is 3.31. The summed E-state index contributed by atoms with van der Waals surface area (Å²) in [6.45, 7) is 4.43. The van der Waals surface area contributed by atoms with Gasteiger partial charge in [-0.2, -0.15) is 0 Å². The van der Waals surface area contributed by atoms with E-state index in [1.54, 1.807) is 0 Å². The van der Waals surface area contributed by atoms with Gasteiger partial charge in [-0.15, -0.1) is 0 Å². The lowest BCUT2D eigenvalue weighted by Gasteiger charge is -2.23. The van der Waals surface area contributed by atoms with Gasteiger partial charge in [-0.1, -0.05) is 38.2 Å². The maximum absolute atomic E-state index is 12.0. The van der Waals surface area contributed by atoms with E-state index in [0.717, 1.165) is 24.1 Å². The van der Waals surface area contributed by atoms with Crippen LogP contribution in [-0.2, 0) is 4.79 Å². The molecule has 0 radical (unpaired) electrons. The van der Waals surface area contributed by atoms with Crippen LogP contribution >= 0.6 is 12.2 Å². The van der Waals surface area contributed by atoms with Gasteiger partial charge in [-0.25, -0.2) is 0 Å². The van der Waals surface area contributed by atoms with Crippen molar-refractivity contribution in [1.29, 1.82) is 0 Å². The SMILES string of the molecule is CCC(CC)NC(=O)CN(C)c1ccccc1C(N)=S. The minimum absolute atomic E-state index is 0.0129. The third kappa shape index (κ3) is 4.49. The smallest absolute Gasteiger partial charge is 0.239 e. The Labute approximate surface area is 126 Å². The second kappa shape index (κ2) is 7.85. The van der Waals surface area contributed by atoms with Crippen molar-refractivity contribution in [2.75, 3.05) is 18.5 Å². The number of hydrogen-bond donors (Lipinski definition) is 2. The Morgan fingerprint density at radius 1 is 1.35 bits per heavy atom. The van der Waals surface area contributed by atoms with E-state index in [1.165, 1.54) is 0 Å². The third-order valence-corrected chi connectivity index (χ3v) is 3.53. The Morgan fingerprint density at radius 2 is 1.95 bits per heavy atom. The van der Waals surface area contributed by atoms with Gasteiger partial charge in [0.1, 0.15) is 4.99 Å². The number of amides is 1. The molecule has 20 heavy (non-hydrogen) atoms.